The predicted octanol–water partition coefficient (Wildman–Crippen LogP) is 2.54. The summed E-state index contributed by atoms with van der Waals surface area (Å²) in [5.41, 5.74) is 0.503. The van der Waals surface area contributed by atoms with Crippen LogP contribution in [0.2, 0.25) is 5.02 Å². The average molecular weight is 296 g/mol. The van der Waals surface area contributed by atoms with Crippen molar-refractivity contribution in [1.29, 1.82) is 5.26 Å². The van der Waals surface area contributed by atoms with E-state index in [2.05, 4.69) is 5.32 Å². The van der Waals surface area contributed by atoms with Gasteiger partial charge in [-0.25, -0.2) is 4.79 Å². The molecule has 0 aromatic heterocycles. The number of nitrogens with one attached hydrogen (secondary N) is 1. The molecule has 6 nitrogen and oxygen atoms in total. The molecule has 0 aliphatic heterocycles. The van der Waals surface area contributed by atoms with Gasteiger partial charge in [0, 0.05) is 11.1 Å². The van der Waals surface area contributed by atoms with Gasteiger partial charge in [0.05, 0.1) is 11.3 Å². The standard InChI is InChI=1S/C13H14ClN3O3/c1-8(2)17(7-12(18)19)13(20)16-11-5-10(14)4-3-9(11)6-15/h3-5,8H,7H2,1-2H3,(H,16,20)(H,18,19). The van der Waals surface area contributed by atoms with Crippen LogP contribution >= 0.6 is 11.6 Å². The van der Waals surface area contributed by atoms with Crippen molar-refractivity contribution in [1.82, 2.24) is 4.90 Å². The van der Waals surface area contributed by atoms with E-state index in [-0.39, 0.29) is 17.3 Å². The van der Waals surface area contributed by atoms with Gasteiger partial charge in [-0.15, -0.1) is 0 Å². The van der Waals surface area contributed by atoms with Crippen LogP contribution in [0, 0.1) is 11.3 Å². The Labute approximate surface area is 121 Å². The first-order chi connectivity index (χ1) is 9.35. The number of rotatable bonds is 4. The minimum absolute atomic E-state index is 0.251. The van der Waals surface area contributed by atoms with E-state index in [1.807, 2.05) is 6.07 Å². The fourth-order valence-electron chi connectivity index (χ4n) is 1.54. The number of hydrogen-bond acceptors (Lipinski definition) is 3. The van der Waals surface area contributed by atoms with E-state index in [1.165, 1.54) is 18.2 Å². The first kappa shape index (κ1) is 15.8. The van der Waals surface area contributed by atoms with Gasteiger partial charge in [0.2, 0.25) is 0 Å². The molecule has 0 saturated carbocycles. The van der Waals surface area contributed by atoms with Gasteiger partial charge >= 0.3 is 12.0 Å². The lowest BCUT2D eigenvalue weighted by Crippen LogP contribution is -2.43. The van der Waals surface area contributed by atoms with Gasteiger partial charge < -0.3 is 15.3 Å². The Bertz CT molecular complexity index is 566. The van der Waals surface area contributed by atoms with Crippen LogP contribution in [0.4, 0.5) is 10.5 Å². The fraction of sp³-hybridized carbons (Fsp3) is 0.308. The quantitative estimate of drug-likeness (QED) is 0.892. The molecule has 0 heterocycles. The van der Waals surface area contributed by atoms with Crippen molar-refractivity contribution in [2.75, 3.05) is 11.9 Å². The second-order valence-electron chi connectivity index (χ2n) is 4.35. The molecule has 1 aromatic rings. The summed E-state index contributed by atoms with van der Waals surface area (Å²) in [6.07, 6.45) is 0. The van der Waals surface area contributed by atoms with E-state index in [0.29, 0.717) is 5.02 Å². The molecule has 0 atom stereocenters. The van der Waals surface area contributed by atoms with Crippen LogP contribution in [0.3, 0.4) is 0 Å². The summed E-state index contributed by atoms with van der Waals surface area (Å²) in [4.78, 5) is 24.0. The zero-order valence-electron chi connectivity index (χ0n) is 11.1. The highest BCUT2D eigenvalue weighted by molar-refractivity contribution is 6.31. The van der Waals surface area contributed by atoms with E-state index in [0.717, 1.165) is 4.90 Å². The highest BCUT2D eigenvalue weighted by Gasteiger charge is 2.20. The van der Waals surface area contributed by atoms with Gasteiger partial charge in [-0.2, -0.15) is 5.26 Å². The molecule has 106 valence electrons. The summed E-state index contributed by atoms with van der Waals surface area (Å²) < 4.78 is 0. The Morgan fingerprint density at radius 2 is 2.15 bits per heavy atom. The van der Waals surface area contributed by atoms with E-state index in [1.54, 1.807) is 13.8 Å². The number of hydrogen-bond donors (Lipinski definition) is 2. The number of nitrogens with zero attached hydrogens (tertiary/aromatic N) is 2. The summed E-state index contributed by atoms with van der Waals surface area (Å²) in [6.45, 7) is 2.98. The lowest BCUT2D eigenvalue weighted by Gasteiger charge is -2.25. The van der Waals surface area contributed by atoms with E-state index in [9.17, 15) is 9.59 Å². The number of benzene rings is 1. The van der Waals surface area contributed by atoms with E-state index in [4.69, 9.17) is 22.0 Å². The molecule has 0 radical (unpaired) electrons. The number of carboxylic acids is 1. The number of nitriles is 1. The predicted molar refractivity (Wildman–Crippen MR) is 74.7 cm³/mol. The van der Waals surface area contributed by atoms with Gasteiger partial charge in [0.25, 0.3) is 0 Å². The molecule has 0 spiro atoms. The lowest BCUT2D eigenvalue weighted by atomic mass is 10.2. The normalized spacial score (nSPS) is 9.95. The van der Waals surface area contributed by atoms with Crippen LogP contribution in [0.15, 0.2) is 18.2 Å². The van der Waals surface area contributed by atoms with Crippen molar-refractivity contribution >= 4 is 29.3 Å². The fourth-order valence-corrected chi connectivity index (χ4v) is 1.71. The van der Waals surface area contributed by atoms with Gasteiger partial charge in [-0.3, -0.25) is 4.79 Å². The Morgan fingerprint density at radius 1 is 1.50 bits per heavy atom. The zero-order chi connectivity index (χ0) is 15.3. The molecule has 0 fully saturated rings. The number of carboxylic acid groups (broad SMARTS) is 1. The van der Waals surface area contributed by atoms with Crippen LogP contribution in [-0.4, -0.2) is 34.6 Å². The molecule has 2 amide bonds. The molecule has 0 aliphatic carbocycles. The SMILES string of the molecule is CC(C)N(CC(=O)O)C(=O)Nc1cc(Cl)ccc1C#N. The number of amides is 2. The minimum atomic E-state index is -1.11. The van der Waals surface area contributed by atoms with Gasteiger partial charge in [0.1, 0.15) is 12.6 Å². The maximum Gasteiger partial charge on any atom is 0.323 e. The Morgan fingerprint density at radius 3 is 2.65 bits per heavy atom. The molecule has 7 heteroatoms. The highest BCUT2D eigenvalue weighted by Crippen LogP contribution is 2.21. The van der Waals surface area contributed by atoms with Crippen LogP contribution in [0.1, 0.15) is 19.4 Å². The molecular formula is C13H14ClN3O3. The second kappa shape index (κ2) is 6.78. The number of carbonyl (C=O) groups excluding carboxylic acids is 1. The van der Waals surface area contributed by atoms with Crippen molar-refractivity contribution in [2.45, 2.75) is 19.9 Å². The molecular weight excluding hydrogens is 282 g/mol. The first-order valence-corrected chi connectivity index (χ1v) is 6.22. The van der Waals surface area contributed by atoms with Gasteiger partial charge in [0.15, 0.2) is 0 Å². The second-order valence-corrected chi connectivity index (χ2v) is 4.78. The summed E-state index contributed by atoms with van der Waals surface area (Å²) in [5, 5.41) is 20.6. The van der Waals surface area contributed by atoms with Crippen LogP contribution in [-0.2, 0) is 4.79 Å². The monoisotopic (exact) mass is 295 g/mol. The highest BCUT2D eigenvalue weighted by atomic mass is 35.5. The van der Waals surface area contributed by atoms with Crippen LogP contribution < -0.4 is 5.32 Å². The topological polar surface area (TPSA) is 93.4 Å². The largest absolute Gasteiger partial charge is 0.480 e. The zero-order valence-corrected chi connectivity index (χ0v) is 11.8. The van der Waals surface area contributed by atoms with Crippen LogP contribution in [0.5, 0.6) is 0 Å². The molecule has 1 aromatic carbocycles. The minimum Gasteiger partial charge on any atom is -0.480 e. The Kier molecular flexibility index (Phi) is 5.35. The molecule has 0 unspecified atom stereocenters. The number of carbonyl (C=O) groups is 2. The molecule has 0 saturated heterocycles. The van der Waals surface area contributed by atoms with Gasteiger partial charge in [-0.1, -0.05) is 11.6 Å². The van der Waals surface area contributed by atoms with Crippen molar-refractivity contribution in [3.8, 4) is 6.07 Å². The Hall–Kier alpha value is -2.26. The molecule has 0 aliphatic rings. The third kappa shape index (κ3) is 4.14. The molecule has 1 rings (SSSR count). The maximum atomic E-state index is 12.1. The van der Waals surface area contributed by atoms with Crippen LogP contribution in [0.25, 0.3) is 0 Å². The first-order valence-electron chi connectivity index (χ1n) is 5.84. The summed E-state index contributed by atoms with van der Waals surface area (Å²) in [5.74, 6) is -1.11. The van der Waals surface area contributed by atoms with Crippen molar-refractivity contribution in [3.63, 3.8) is 0 Å². The lowest BCUT2D eigenvalue weighted by molar-refractivity contribution is -0.137. The summed E-state index contributed by atoms with van der Waals surface area (Å²) >= 11 is 5.82. The number of anilines is 1. The van der Waals surface area contributed by atoms with Crippen molar-refractivity contribution in [2.24, 2.45) is 0 Å². The smallest absolute Gasteiger partial charge is 0.323 e. The van der Waals surface area contributed by atoms with Gasteiger partial charge in [-0.05, 0) is 32.0 Å². The average Bonchev–Trinajstić information content (AvgIpc) is 2.35. The maximum absolute atomic E-state index is 12.1. The number of halogens is 1. The molecule has 0 bridgehead atoms. The van der Waals surface area contributed by atoms with Crippen molar-refractivity contribution in [3.05, 3.63) is 28.8 Å². The third-order valence-corrected chi connectivity index (χ3v) is 2.77. The number of urea groups is 1. The summed E-state index contributed by atoms with van der Waals surface area (Å²) in [6, 6.07) is 5.49. The van der Waals surface area contributed by atoms with E-state index >= 15 is 0 Å². The van der Waals surface area contributed by atoms with E-state index < -0.39 is 18.5 Å². The Balaban J connectivity index is 2.96. The molecule has 20 heavy (non-hydrogen) atoms. The number of aliphatic carboxylic acids is 1. The molecule has 2 N–H and O–H groups in total. The van der Waals surface area contributed by atoms with Crippen molar-refractivity contribution < 1.29 is 14.7 Å². The summed E-state index contributed by atoms with van der Waals surface area (Å²) in [7, 11) is 0. The third-order valence-electron chi connectivity index (χ3n) is 2.53.